The molecule has 0 aliphatic carbocycles. The lowest BCUT2D eigenvalue weighted by molar-refractivity contribution is 0.0168. The molecule has 26 heavy (non-hydrogen) atoms. The summed E-state index contributed by atoms with van der Waals surface area (Å²) in [5.41, 5.74) is 0.352. The first-order chi connectivity index (χ1) is 12.2. The van der Waals surface area contributed by atoms with Crippen LogP contribution in [-0.4, -0.2) is 52.0 Å². The second-order valence-electron chi connectivity index (χ2n) is 5.97. The molecule has 8 heteroatoms. The standard InChI is InChI=1S/C18H27F2N3O2.HI/c1-21-18(22-8-3-10-24-13-16-4-2-11-25-16)23-9-7-14-12-15(19)5-6-17(14)20;/h5-6,12,16H,2-4,7-11,13H2,1H3,(H2,21,22,23);1H. The highest BCUT2D eigenvalue weighted by Gasteiger charge is 2.14. The molecule has 1 fully saturated rings. The minimum Gasteiger partial charge on any atom is -0.379 e. The zero-order valence-corrected chi connectivity index (χ0v) is 17.4. The van der Waals surface area contributed by atoms with Crippen molar-refractivity contribution in [2.75, 3.05) is 40.0 Å². The summed E-state index contributed by atoms with van der Waals surface area (Å²) in [6, 6.07) is 3.49. The van der Waals surface area contributed by atoms with Gasteiger partial charge in [-0.2, -0.15) is 0 Å². The molecule has 1 unspecified atom stereocenters. The maximum absolute atomic E-state index is 13.5. The van der Waals surface area contributed by atoms with Crippen molar-refractivity contribution in [3.63, 3.8) is 0 Å². The lowest BCUT2D eigenvalue weighted by atomic mass is 10.1. The molecule has 1 aliphatic rings. The van der Waals surface area contributed by atoms with Crippen molar-refractivity contribution >= 4 is 29.9 Å². The van der Waals surface area contributed by atoms with Crippen LogP contribution in [0.15, 0.2) is 23.2 Å². The first-order valence-electron chi connectivity index (χ1n) is 8.77. The van der Waals surface area contributed by atoms with E-state index in [2.05, 4.69) is 15.6 Å². The lowest BCUT2D eigenvalue weighted by Gasteiger charge is -2.13. The Morgan fingerprint density at radius 3 is 2.85 bits per heavy atom. The molecule has 0 bridgehead atoms. The van der Waals surface area contributed by atoms with Gasteiger partial charge in [0.25, 0.3) is 0 Å². The fourth-order valence-electron chi connectivity index (χ4n) is 2.64. The van der Waals surface area contributed by atoms with Crippen LogP contribution in [0.4, 0.5) is 8.78 Å². The number of nitrogens with zero attached hydrogens (tertiary/aromatic N) is 1. The number of guanidine groups is 1. The topological polar surface area (TPSA) is 54.9 Å². The third-order valence-corrected chi connectivity index (χ3v) is 4.00. The van der Waals surface area contributed by atoms with Crippen molar-refractivity contribution < 1.29 is 18.3 Å². The van der Waals surface area contributed by atoms with Gasteiger partial charge in [0, 0.05) is 33.4 Å². The third-order valence-electron chi connectivity index (χ3n) is 4.00. The molecule has 0 spiro atoms. The minimum atomic E-state index is -0.429. The van der Waals surface area contributed by atoms with E-state index in [9.17, 15) is 8.78 Å². The SMILES string of the molecule is CN=C(NCCCOCC1CCCO1)NCCc1cc(F)ccc1F.I. The van der Waals surface area contributed by atoms with Crippen LogP contribution in [0.5, 0.6) is 0 Å². The number of rotatable bonds is 9. The maximum Gasteiger partial charge on any atom is 0.190 e. The highest BCUT2D eigenvalue weighted by molar-refractivity contribution is 14.0. The number of nitrogens with one attached hydrogen (secondary N) is 2. The number of ether oxygens (including phenoxy) is 2. The molecule has 0 aromatic heterocycles. The van der Waals surface area contributed by atoms with Crippen LogP contribution in [0, 0.1) is 11.6 Å². The molecule has 0 saturated carbocycles. The molecule has 1 aromatic rings. The van der Waals surface area contributed by atoms with Crippen molar-refractivity contribution in [3.8, 4) is 0 Å². The van der Waals surface area contributed by atoms with E-state index < -0.39 is 11.6 Å². The average molecular weight is 483 g/mol. The van der Waals surface area contributed by atoms with Crippen molar-refractivity contribution in [2.24, 2.45) is 4.99 Å². The molecule has 1 aromatic carbocycles. The molecule has 1 heterocycles. The smallest absolute Gasteiger partial charge is 0.190 e. The van der Waals surface area contributed by atoms with E-state index in [1.54, 1.807) is 7.05 Å². The van der Waals surface area contributed by atoms with Crippen LogP contribution in [0.1, 0.15) is 24.8 Å². The van der Waals surface area contributed by atoms with Crippen molar-refractivity contribution in [1.82, 2.24) is 10.6 Å². The van der Waals surface area contributed by atoms with Crippen LogP contribution >= 0.6 is 24.0 Å². The van der Waals surface area contributed by atoms with Gasteiger partial charge in [0.1, 0.15) is 11.6 Å². The van der Waals surface area contributed by atoms with Crippen molar-refractivity contribution in [2.45, 2.75) is 31.8 Å². The first-order valence-corrected chi connectivity index (χ1v) is 8.77. The van der Waals surface area contributed by atoms with E-state index in [0.29, 0.717) is 37.7 Å². The van der Waals surface area contributed by atoms with Gasteiger partial charge >= 0.3 is 0 Å². The van der Waals surface area contributed by atoms with Crippen molar-refractivity contribution in [3.05, 3.63) is 35.4 Å². The molecule has 2 N–H and O–H groups in total. The van der Waals surface area contributed by atoms with Gasteiger partial charge in [-0.05, 0) is 49.4 Å². The fraction of sp³-hybridized carbons (Fsp3) is 0.611. The molecule has 0 radical (unpaired) electrons. The van der Waals surface area contributed by atoms with E-state index in [4.69, 9.17) is 9.47 Å². The van der Waals surface area contributed by atoms with Crippen LogP contribution in [-0.2, 0) is 15.9 Å². The summed E-state index contributed by atoms with van der Waals surface area (Å²) in [7, 11) is 1.67. The number of hydrogen-bond acceptors (Lipinski definition) is 3. The second kappa shape index (κ2) is 13.2. The Balaban J connectivity index is 0.00000338. The summed E-state index contributed by atoms with van der Waals surface area (Å²) in [4.78, 5) is 4.11. The summed E-state index contributed by atoms with van der Waals surface area (Å²) >= 11 is 0. The molecule has 5 nitrogen and oxygen atoms in total. The molecule has 1 atom stereocenters. The van der Waals surface area contributed by atoms with Crippen LogP contribution in [0.2, 0.25) is 0 Å². The summed E-state index contributed by atoms with van der Waals surface area (Å²) in [5, 5.41) is 6.26. The van der Waals surface area contributed by atoms with Gasteiger partial charge < -0.3 is 20.1 Å². The molecule has 2 rings (SSSR count). The average Bonchev–Trinajstić information content (AvgIpc) is 3.12. The van der Waals surface area contributed by atoms with Crippen molar-refractivity contribution in [1.29, 1.82) is 0 Å². The molecular weight excluding hydrogens is 455 g/mol. The van der Waals surface area contributed by atoms with E-state index in [0.717, 1.165) is 44.5 Å². The Kier molecular flexibility index (Phi) is 11.7. The van der Waals surface area contributed by atoms with Crippen LogP contribution < -0.4 is 10.6 Å². The van der Waals surface area contributed by atoms with Crippen LogP contribution in [0.25, 0.3) is 0 Å². The van der Waals surface area contributed by atoms with Gasteiger partial charge in [-0.1, -0.05) is 0 Å². The zero-order chi connectivity index (χ0) is 17.9. The van der Waals surface area contributed by atoms with Gasteiger partial charge in [-0.25, -0.2) is 8.78 Å². The maximum atomic E-state index is 13.5. The molecule has 1 saturated heterocycles. The third kappa shape index (κ3) is 8.59. The Morgan fingerprint density at radius 1 is 1.31 bits per heavy atom. The highest BCUT2D eigenvalue weighted by Crippen LogP contribution is 2.12. The largest absolute Gasteiger partial charge is 0.379 e. The Morgan fingerprint density at radius 2 is 2.12 bits per heavy atom. The number of benzene rings is 1. The Bertz CT molecular complexity index is 555. The van der Waals surface area contributed by atoms with E-state index in [-0.39, 0.29) is 30.1 Å². The first kappa shape index (κ1) is 23.0. The molecule has 1 aliphatic heterocycles. The number of hydrogen-bond donors (Lipinski definition) is 2. The summed E-state index contributed by atoms with van der Waals surface area (Å²) < 4.78 is 37.8. The zero-order valence-electron chi connectivity index (χ0n) is 15.1. The van der Waals surface area contributed by atoms with E-state index >= 15 is 0 Å². The fourth-order valence-corrected chi connectivity index (χ4v) is 2.64. The van der Waals surface area contributed by atoms with E-state index in [1.165, 1.54) is 6.07 Å². The van der Waals surface area contributed by atoms with Crippen LogP contribution in [0.3, 0.4) is 0 Å². The summed E-state index contributed by atoms with van der Waals surface area (Å²) in [6.07, 6.45) is 3.70. The van der Waals surface area contributed by atoms with Gasteiger partial charge in [0.05, 0.1) is 12.7 Å². The predicted molar refractivity (Wildman–Crippen MR) is 109 cm³/mol. The molecule has 148 valence electrons. The quantitative estimate of drug-likeness (QED) is 0.246. The van der Waals surface area contributed by atoms with Gasteiger partial charge in [0.2, 0.25) is 0 Å². The lowest BCUT2D eigenvalue weighted by Crippen LogP contribution is -2.39. The van der Waals surface area contributed by atoms with E-state index in [1.807, 2.05) is 0 Å². The monoisotopic (exact) mass is 483 g/mol. The normalized spacial score (nSPS) is 17.0. The Hall–Kier alpha value is -1.00. The second-order valence-corrected chi connectivity index (χ2v) is 5.97. The van der Waals surface area contributed by atoms with Gasteiger partial charge in [-0.3, -0.25) is 4.99 Å². The van der Waals surface area contributed by atoms with Gasteiger partial charge in [0.15, 0.2) is 5.96 Å². The predicted octanol–water partition coefficient (Wildman–Crippen LogP) is 2.88. The molecular formula is C18H28F2IN3O2. The molecule has 0 amide bonds. The minimum absolute atomic E-state index is 0. The van der Waals surface area contributed by atoms with Gasteiger partial charge in [-0.15, -0.1) is 24.0 Å². The number of halogens is 3. The highest BCUT2D eigenvalue weighted by atomic mass is 127. The number of aliphatic imine (C=N–C) groups is 1. The summed E-state index contributed by atoms with van der Waals surface area (Å²) in [5.74, 6) is -0.188. The Labute approximate surface area is 171 Å². The summed E-state index contributed by atoms with van der Waals surface area (Å²) in [6.45, 7) is 3.36.